The molecule has 0 saturated carbocycles. The number of imide groups is 1. The van der Waals surface area contributed by atoms with Gasteiger partial charge in [-0.3, -0.25) is 4.90 Å². The van der Waals surface area contributed by atoms with Gasteiger partial charge in [-0.15, -0.1) is 0 Å². The highest BCUT2D eigenvalue weighted by atomic mass is 16.5. The Kier molecular flexibility index (Phi) is 5.13. The van der Waals surface area contributed by atoms with E-state index in [1.165, 1.54) is 4.90 Å². The summed E-state index contributed by atoms with van der Waals surface area (Å²) >= 11 is 0. The number of hydrogen-bond donors (Lipinski definition) is 2. The molecule has 2 N–H and O–H groups in total. The molecule has 0 bridgehead atoms. The molecule has 3 aromatic rings. The molecule has 0 aromatic heterocycles. The number of rotatable bonds is 5. The average molecular weight is 389 g/mol. The van der Waals surface area contributed by atoms with Gasteiger partial charge in [-0.1, -0.05) is 36.4 Å². The predicted octanol–water partition coefficient (Wildman–Crippen LogP) is 4.08. The van der Waals surface area contributed by atoms with Gasteiger partial charge in [-0.05, 0) is 42.5 Å². The first-order valence-corrected chi connectivity index (χ1v) is 9.08. The molecule has 0 aliphatic carbocycles. The highest BCUT2D eigenvalue weighted by Gasteiger charge is 2.34. The topological polar surface area (TPSA) is 82.1 Å². The summed E-state index contributed by atoms with van der Waals surface area (Å²) in [6.07, 6.45) is 0. The lowest BCUT2D eigenvalue weighted by Crippen LogP contribution is -2.60. The largest absolute Gasteiger partial charge is 0.457 e. The minimum atomic E-state index is -0.483. The van der Waals surface area contributed by atoms with Crippen molar-refractivity contribution >= 4 is 23.4 Å². The molecule has 29 heavy (non-hydrogen) atoms. The Labute approximate surface area is 167 Å². The van der Waals surface area contributed by atoms with E-state index in [4.69, 9.17) is 4.74 Å². The fraction of sp³-hybridized carbons (Fsp3) is 0.0909. The molecule has 4 rings (SSSR count). The van der Waals surface area contributed by atoms with Crippen molar-refractivity contribution in [2.45, 2.75) is 6.61 Å². The molecule has 1 saturated heterocycles. The minimum Gasteiger partial charge on any atom is -0.457 e. The average Bonchev–Trinajstić information content (AvgIpc) is 2.76. The van der Waals surface area contributed by atoms with Gasteiger partial charge in [0.2, 0.25) is 0 Å². The summed E-state index contributed by atoms with van der Waals surface area (Å²) in [6.45, 7) is -0.225. The highest BCUT2D eigenvalue weighted by molar-refractivity contribution is 6.20. The number of nitrogens with zero attached hydrogens (tertiary/aromatic N) is 2. The molecule has 1 aliphatic rings. The van der Waals surface area contributed by atoms with E-state index in [2.05, 4.69) is 5.32 Å². The molecule has 7 nitrogen and oxygen atoms in total. The Morgan fingerprint density at radius 3 is 2.28 bits per heavy atom. The second kappa shape index (κ2) is 8.04. The Hall–Kier alpha value is -3.84. The van der Waals surface area contributed by atoms with Crippen LogP contribution in [-0.2, 0) is 6.61 Å². The number of carbonyl (C=O) groups excluding carboxylic acids is 2. The summed E-state index contributed by atoms with van der Waals surface area (Å²) in [5.74, 6) is 1.14. The zero-order valence-corrected chi connectivity index (χ0v) is 15.5. The Morgan fingerprint density at radius 1 is 0.897 bits per heavy atom. The fourth-order valence-corrected chi connectivity index (χ4v) is 3.08. The maximum atomic E-state index is 13.0. The van der Waals surface area contributed by atoms with Crippen molar-refractivity contribution in [2.75, 3.05) is 16.5 Å². The van der Waals surface area contributed by atoms with Crippen LogP contribution >= 0.6 is 0 Å². The molecule has 0 atom stereocenters. The molecule has 146 valence electrons. The normalized spacial score (nSPS) is 14.0. The van der Waals surface area contributed by atoms with Crippen molar-refractivity contribution in [3.8, 4) is 11.5 Å². The van der Waals surface area contributed by atoms with Crippen LogP contribution in [0.4, 0.5) is 21.0 Å². The van der Waals surface area contributed by atoms with E-state index >= 15 is 0 Å². The lowest BCUT2D eigenvalue weighted by atomic mass is 10.1. The number of urea groups is 2. The van der Waals surface area contributed by atoms with E-state index in [1.807, 2.05) is 36.4 Å². The summed E-state index contributed by atoms with van der Waals surface area (Å²) in [7, 11) is 0. The number of benzene rings is 3. The van der Waals surface area contributed by atoms with E-state index < -0.39 is 12.1 Å². The molecule has 1 heterocycles. The molecule has 0 unspecified atom stereocenters. The van der Waals surface area contributed by atoms with E-state index in [0.717, 1.165) is 4.90 Å². The number of amides is 4. The summed E-state index contributed by atoms with van der Waals surface area (Å²) in [5.41, 5.74) is 1.55. The van der Waals surface area contributed by atoms with Gasteiger partial charge in [-0.25, -0.2) is 14.5 Å². The molecule has 7 heteroatoms. The number of aliphatic hydroxyl groups excluding tert-OH is 1. The van der Waals surface area contributed by atoms with Crippen LogP contribution < -0.4 is 19.9 Å². The molecular formula is C22H19N3O4. The van der Waals surface area contributed by atoms with E-state index in [1.54, 1.807) is 42.5 Å². The number of ether oxygens (including phenoxy) is 1. The SMILES string of the molecule is O=C1NCN(c2ccc(Oc3ccccc3)c(CO)c2)C(=O)N1c1ccccc1. The van der Waals surface area contributed by atoms with Crippen LogP contribution in [0.25, 0.3) is 0 Å². The number of nitrogens with one attached hydrogen (secondary N) is 1. The molecule has 0 spiro atoms. The molecule has 1 fully saturated rings. The number of aliphatic hydroxyl groups is 1. The van der Waals surface area contributed by atoms with Crippen molar-refractivity contribution in [2.24, 2.45) is 0 Å². The molecule has 0 radical (unpaired) electrons. The molecule has 1 aliphatic heterocycles. The van der Waals surface area contributed by atoms with Crippen molar-refractivity contribution in [1.82, 2.24) is 5.32 Å². The van der Waals surface area contributed by atoms with Crippen LogP contribution in [0.5, 0.6) is 11.5 Å². The van der Waals surface area contributed by atoms with Crippen molar-refractivity contribution < 1.29 is 19.4 Å². The van der Waals surface area contributed by atoms with Crippen LogP contribution in [0.3, 0.4) is 0 Å². The predicted molar refractivity (Wildman–Crippen MR) is 109 cm³/mol. The van der Waals surface area contributed by atoms with Crippen molar-refractivity contribution in [1.29, 1.82) is 0 Å². The summed E-state index contributed by atoms with van der Waals surface area (Å²) < 4.78 is 5.83. The van der Waals surface area contributed by atoms with Gasteiger partial charge in [0.15, 0.2) is 0 Å². The standard InChI is InChI=1S/C22H19N3O4/c26-14-16-13-18(11-12-20(16)29-19-9-5-2-6-10-19)24-15-23-21(27)25(22(24)28)17-7-3-1-4-8-17/h1-13,26H,14-15H2,(H,23,27). The Balaban J connectivity index is 1.62. The van der Waals surface area contributed by atoms with Crippen LogP contribution in [0.15, 0.2) is 78.9 Å². The number of carbonyl (C=O) groups is 2. The number of para-hydroxylation sites is 2. The van der Waals surface area contributed by atoms with Crippen LogP contribution in [0, 0.1) is 0 Å². The third-order valence-corrected chi connectivity index (χ3v) is 4.53. The summed E-state index contributed by atoms with van der Waals surface area (Å²) in [4.78, 5) is 27.8. The quantitative estimate of drug-likeness (QED) is 0.689. The smallest absolute Gasteiger partial charge is 0.338 e. The second-order valence-corrected chi connectivity index (χ2v) is 6.39. The maximum Gasteiger partial charge on any atom is 0.338 e. The second-order valence-electron chi connectivity index (χ2n) is 6.39. The first-order valence-electron chi connectivity index (χ1n) is 9.08. The monoisotopic (exact) mass is 389 g/mol. The fourth-order valence-electron chi connectivity index (χ4n) is 3.08. The van der Waals surface area contributed by atoms with Gasteiger partial charge in [0.1, 0.15) is 18.2 Å². The summed E-state index contributed by atoms with van der Waals surface area (Å²) in [6, 6.07) is 22.1. The first-order chi connectivity index (χ1) is 14.2. The van der Waals surface area contributed by atoms with Crippen molar-refractivity contribution in [3.05, 3.63) is 84.4 Å². The van der Waals surface area contributed by atoms with Crippen LogP contribution in [-0.4, -0.2) is 23.8 Å². The van der Waals surface area contributed by atoms with Gasteiger partial charge >= 0.3 is 12.1 Å². The first kappa shape index (κ1) is 18.5. The third-order valence-electron chi connectivity index (χ3n) is 4.53. The zero-order chi connectivity index (χ0) is 20.2. The van der Waals surface area contributed by atoms with E-state index in [-0.39, 0.29) is 13.3 Å². The van der Waals surface area contributed by atoms with Crippen molar-refractivity contribution in [3.63, 3.8) is 0 Å². The minimum absolute atomic E-state index is 0.0325. The maximum absolute atomic E-state index is 13.0. The lowest BCUT2D eigenvalue weighted by Gasteiger charge is -2.34. The molecule has 3 aromatic carbocycles. The van der Waals surface area contributed by atoms with Crippen LogP contribution in [0.1, 0.15) is 5.56 Å². The van der Waals surface area contributed by atoms with E-state index in [9.17, 15) is 14.7 Å². The van der Waals surface area contributed by atoms with Gasteiger partial charge in [0, 0.05) is 11.3 Å². The van der Waals surface area contributed by atoms with E-state index in [0.29, 0.717) is 28.4 Å². The Morgan fingerprint density at radius 2 is 1.59 bits per heavy atom. The van der Waals surface area contributed by atoms with Gasteiger partial charge in [0.25, 0.3) is 0 Å². The Bertz CT molecular complexity index is 1020. The van der Waals surface area contributed by atoms with Crippen LogP contribution in [0.2, 0.25) is 0 Å². The van der Waals surface area contributed by atoms with Gasteiger partial charge < -0.3 is 15.2 Å². The summed E-state index contributed by atoms with van der Waals surface area (Å²) in [5, 5.41) is 12.5. The van der Waals surface area contributed by atoms with Gasteiger partial charge in [0.05, 0.1) is 12.3 Å². The molecule has 4 amide bonds. The van der Waals surface area contributed by atoms with Gasteiger partial charge in [-0.2, -0.15) is 0 Å². The third kappa shape index (κ3) is 3.76. The number of anilines is 2. The highest BCUT2D eigenvalue weighted by Crippen LogP contribution is 2.31. The zero-order valence-electron chi connectivity index (χ0n) is 15.5. The lowest BCUT2D eigenvalue weighted by molar-refractivity contribution is 0.231. The number of hydrogen-bond acceptors (Lipinski definition) is 4. The molecular weight excluding hydrogens is 370 g/mol.